The molecule has 1 aliphatic rings. The van der Waals surface area contributed by atoms with Crippen LogP contribution in [0.1, 0.15) is 35.8 Å². The Bertz CT molecular complexity index is 1040. The molecule has 1 aliphatic heterocycles. The van der Waals surface area contributed by atoms with E-state index in [9.17, 15) is 4.79 Å². The van der Waals surface area contributed by atoms with Crippen molar-refractivity contribution in [3.8, 4) is 5.75 Å². The zero-order valence-corrected chi connectivity index (χ0v) is 17.1. The number of anilines is 2. The van der Waals surface area contributed by atoms with Gasteiger partial charge in [0.15, 0.2) is 0 Å². The number of rotatable bonds is 4. The number of fused-ring (bicyclic) bond motifs is 1. The molecule has 0 atom stereocenters. The Kier molecular flexibility index (Phi) is 5.34. The molecular weight excluding hydrogens is 364 g/mol. The highest BCUT2D eigenvalue weighted by molar-refractivity contribution is 5.95. The first-order chi connectivity index (χ1) is 14.0. The van der Waals surface area contributed by atoms with Crippen molar-refractivity contribution in [2.24, 2.45) is 5.92 Å². The fourth-order valence-corrected chi connectivity index (χ4v) is 3.72. The highest BCUT2D eigenvalue weighted by atomic mass is 16.5. The van der Waals surface area contributed by atoms with Gasteiger partial charge in [-0.1, -0.05) is 19.1 Å². The molecule has 29 heavy (non-hydrogen) atoms. The summed E-state index contributed by atoms with van der Waals surface area (Å²) in [6.45, 7) is 5.71. The van der Waals surface area contributed by atoms with Gasteiger partial charge in [-0.3, -0.25) is 4.79 Å². The minimum Gasteiger partial charge on any atom is -0.497 e. The number of piperidine rings is 1. The molecule has 2 aromatic carbocycles. The Morgan fingerprint density at radius 2 is 1.86 bits per heavy atom. The number of benzene rings is 2. The summed E-state index contributed by atoms with van der Waals surface area (Å²) >= 11 is 0. The number of hydrogen-bond acceptors (Lipinski definition) is 5. The molecule has 1 aromatic heterocycles. The van der Waals surface area contributed by atoms with Gasteiger partial charge in [-0.2, -0.15) is 0 Å². The summed E-state index contributed by atoms with van der Waals surface area (Å²) in [4.78, 5) is 23.5. The van der Waals surface area contributed by atoms with E-state index in [1.54, 1.807) is 7.11 Å². The van der Waals surface area contributed by atoms with Crippen LogP contribution in [0.5, 0.6) is 5.75 Å². The van der Waals surface area contributed by atoms with Crippen LogP contribution in [0.3, 0.4) is 0 Å². The third-order valence-electron chi connectivity index (χ3n) is 5.67. The average Bonchev–Trinajstić information content (AvgIpc) is 2.74. The van der Waals surface area contributed by atoms with Crippen molar-refractivity contribution in [2.45, 2.75) is 26.7 Å². The lowest BCUT2D eigenvalue weighted by Crippen LogP contribution is -2.38. The summed E-state index contributed by atoms with van der Waals surface area (Å²) in [6, 6.07) is 12.1. The summed E-state index contributed by atoms with van der Waals surface area (Å²) in [5, 5.41) is 5.54. The second kappa shape index (κ2) is 8.07. The normalized spacial score (nSPS) is 14.8. The summed E-state index contributed by atoms with van der Waals surface area (Å²) in [5.74, 6) is 2.13. The van der Waals surface area contributed by atoms with Crippen LogP contribution in [0, 0.1) is 12.8 Å². The highest BCUT2D eigenvalue weighted by Gasteiger charge is 2.24. The number of amides is 1. The Morgan fingerprint density at radius 1 is 1.10 bits per heavy atom. The molecule has 2 heterocycles. The highest BCUT2D eigenvalue weighted by Crippen LogP contribution is 2.27. The van der Waals surface area contributed by atoms with E-state index in [0.717, 1.165) is 53.7 Å². The van der Waals surface area contributed by atoms with Crippen molar-refractivity contribution in [3.63, 3.8) is 0 Å². The van der Waals surface area contributed by atoms with E-state index in [1.807, 2.05) is 42.2 Å². The minimum absolute atomic E-state index is 0.0110. The molecule has 6 heteroatoms. The molecule has 1 N–H and O–H groups in total. The van der Waals surface area contributed by atoms with Crippen LogP contribution in [0.4, 0.5) is 11.5 Å². The standard InChI is InChI=1S/C23H26N4O2/c1-15-8-10-27(11-9-15)23(28)21-16(2)22(25-14-24-21)26-19-6-4-17-5-7-20(29-3)13-18(17)12-19/h4-7,12-15H,8-11H2,1-3H3,(H,24,25,26). The lowest BCUT2D eigenvalue weighted by atomic mass is 9.99. The summed E-state index contributed by atoms with van der Waals surface area (Å²) in [7, 11) is 1.66. The number of nitrogens with zero attached hydrogens (tertiary/aromatic N) is 3. The Morgan fingerprint density at radius 3 is 2.62 bits per heavy atom. The maximum absolute atomic E-state index is 13.0. The number of carbonyl (C=O) groups excluding carboxylic acids is 1. The van der Waals surface area contributed by atoms with Crippen molar-refractivity contribution in [1.82, 2.24) is 14.9 Å². The predicted octanol–water partition coefficient (Wildman–Crippen LogP) is 4.56. The Hall–Kier alpha value is -3.15. The summed E-state index contributed by atoms with van der Waals surface area (Å²) in [6.07, 6.45) is 3.54. The van der Waals surface area contributed by atoms with Crippen molar-refractivity contribution in [2.75, 3.05) is 25.5 Å². The van der Waals surface area contributed by atoms with E-state index in [4.69, 9.17) is 4.74 Å². The van der Waals surface area contributed by atoms with Crippen LogP contribution in [0.15, 0.2) is 42.7 Å². The van der Waals surface area contributed by atoms with E-state index in [0.29, 0.717) is 17.4 Å². The zero-order valence-electron chi connectivity index (χ0n) is 17.1. The van der Waals surface area contributed by atoms with Crippen molar-refractivity contribution >= 4 is 28.2 Å². The molecule has 0 radical (unpaired) electrons. The van der Waals surface area contributed by atoms with Crippen molar-refractivity contribution in [3.05, 3.63) is 54.0 Å². The zero-order chi connectivity index (χ0) is 20.4. The molecule has 0 spiro atoms. The molecule has 3 aromatic rings. The fraction of sp³-hybridized carbons (Fsp3) is 0.348. The van der Waals surface area contributed by atoms with Crippen LogP contribution in [-0.4, -0.2) is 41.0 Å². The molecular formula is C23H26N4O2. The molecule has 6 nitrogen and oxygen atoms in total. The molecule has 0 unspecified atom stereocenters. The first kappa shape index (κ1) is 19.2. The van der Waals surface area contributed by atoms with E-state index in [2.05, 4.69) is 28.3 Å². The predicted molar refractivity (Wildman–Crippen MR) is 115 cm³/mol. The molecule has 1 amide bonds. The second-order valence-electron chi connectivity index (χ2n) is 7.72. The van der Waals surface area contributed by atoms with Gasteiger partial charge in [0, 0.05) is 24.3 Å². The van der Waals surface area contributed by atoms with Gasteiger partial charge in [0.1, 0.15) is 23.6 Å². The number of ether oxygens (including phenoxy) is 1. The summed E-state index contributed by atoms with van der Waals surface area (Å²) in [5.41, 5.74) is 2.14. The van der Waals surface area contributed by atoms with Crippen LogP contribution in [0.2, 0.25) is 0 Å². The molecule has 0 aliphatic carbocycles. The van der Waals surface area contributed by atoms with Gasteiger partial charge in [-0.15, -0.1) is 0 Å². The van der Waals surface area contributed by atoms with Gasteiger partial charge >= 0.3 is 0 Å². The Labute approximate surface area is 170 Å². The first-order valence-corrected chi connectivity index (χ1v) is 10.0. The lowest BCUT2D eigenvalue weighted by molar-refractivity contribution is 0.0690. The average molecular weight is 390 g/mol. The maximum Gasteiger partial charge on any atom is 0.272 e. The van der Waals surface area contributed by atoms with E-state index in [1.165, 1.54) is 6.33 Å². The van der Waals surface area contributed by atoms with Gasteiger partial charge in [0.2, 0.25) is 0 Å². The Balaban J connectivity index is 1.59. The number of carbonyl (C=O) groups is 1. The van der Waals surface area contributed by atoms with E-state index >= 15 is 0 Å². The first-order valence-electron chi connectivity index (χ1n) is 10.0. The largest absolute Gasteiger partial charge is 0.497 e. The third kappa shape index (κ3) is 4.01. The van der Waals surface area contributed by atoms with Crippen LogP contribution in [-0.2, 0) is 0 Å². The molecule has 150 valence electrons. The number of likely N-dealkylation sites (tertiary alicyclic amines) is 1. The van der Waals surface area contributed by atoms with Crippen LogP contribution >= 0.6 is 0 Å². The number of nitrogens with one attached hydrogen (secondary N) is 1. The molecule has 0 saturated carbocycles. The van der Waals surface area contributed by atoms with Crippen molar-refractivity contribution < 1.29 is 9.53 Å². The fourth-order valence-electron chi connectivity index (χ4n) is 3.72. The number of aromatic nitrogens is 2. The van der Waals surface area contributed by atoms with Crippen LogP contribution in [0.25, 0.3) is 10.8 Å². The molecule has 4 rings (SSSR count). The van der Waals surface area contributed by atoms with E-state index < -0.39 is 0 Å². The number of methoxy groups -OCH3 is 1. The number of hydrogen-bond donors (Lipinski definition) is 1. The smallest absolute Gasteiger partial charge is 0.272 e. The third-order valence-corrected chi connectivity index (χ3v) is 5.67. The van der Waals surface area contributed by atoms with Gasteiger partial charge in [0.25, 0.3) is 5.91 Å². The van der Waals surface area contributed by atoms with E-state index in [-0.39, 0.29) is 5.91 Å². The minimum atomic E-state index is -0.0110. The topological polar surface area (TPSA) is 67.3 Å². The van der Waals surface area contributed by atoms with Crippen molar-refractivity contribution in [1.29, 1.82) is 0 Å². The maximum atomic E-state index is 13.0. The monoisotopic (exact) mass is 390 g/mol. The van der Waals surface area contributed by atoms with Crippen LogP contribution < -0.4 is 10.1 Å². The summed E-state index contributed by atoms with van der Waals surface area (Å²) < 4.78 is 5.32. The van der Waals surface area contributed by atoms with Gasteiger partial charge in [-0.25, -0.2) is 9.97 Å². The quantitative estimate of drug-likeness (QED) is 0.707. The molecule has 1 saturated heterocycles. The SMILES string of the molecule is COc1ccc2ccc(Nc3ncnc(C(=O)N4CCC(C)CC4)c3C)cc2c1. The molecule has 1 fully saturated rings. The van der Waals surface area contributed by atoms with Gasteiger partial charge < -0.3 is 15.0 Å². The van der Waals surface area contributed by atoms with Gasteiger partial charge in [-0.05, 0) is 60.7 Å². The lowest BCUT2D eigenvalue weighted by Gasteiger charge is -2.30. The second-order valence-corrected chi connectivity index (χ2v) is 7.72. The van der Waals surface area contributed by atoms with Gasteiger partial charge in [0.05, 0.1) is 7.11 Å². The molecule has 0 bridgehead atoms.